The third-order valence-corrected chi connectivity index (χ3v) is 4.22. The highest BCUT2D eigenvalue weighted by atomic mass is 35.5. The van der Waals surface area contributed by atoms with Gasteiger partial charge in [0.2, 0.25) is 5.89 Å². The number of aromatic nitrogens is 1. The van der Waals surface area contributed by atoms with Crippen LogP contribution in [-0.2, 0) is 0 Å². The molecule has 0 N–H and O–H groups in total. The van der Waals surface area contributed by atoms with E-state index in [4.69, 9.17) is 20.4 Å². The minimum atomic E-state index is 0.592. The molecule has 0 aliphatic rings. The largest absolute Gasteiger partial charge is 0.456 e. The van der Waals surface area contributed by atoms with Crippen molar-refractivity contribution in [1.82, 2.24) is 4.98 Å². The van der Waals surface area contributed by atoms with Crippen LogP contribution in [0.4, 0.5) is 0 Å². The summed E-state index contributed by atoms with van der Waals surface area (Å²) in [5, 5.41) is 2.65. The zero-order valence-electron chi connectivity index (χ0n) is 11.9. The summed E-state index contributed by atoms with van der Waals surface area (Å²) < 4.78 is 11.8. The third-order valence-electron chi connectivity index (χ3n) is 3.98. The van der Waals surface area contributed by atoms with Crippen molar-refractivity contribution in [3.05, 3.63) is 65.7 Å². The van der Waals surface area contributed by atoms with Crippen LogP contribution in [0.15, 0.2) is 69.5 Å². The maximum Gasteiger partial charge on any atom is 0.228 e. The number of oxazole rings is 1. The molecule has 0 aliphatic carbocycles. The van der Waals surface area contributed by atoms with Crippen molar-refractivity contribution in [3.8, 4) is 11.5 Å². The Morgan fingerprint density at radius 2 is 1.65 bits per heavy atom. The molecule has 0 fully saturated rings. The minimum absolute atomic E-state index is 0.592. The number of para-hydroxylation sites is 2. The lowest BCUT2D eigenvalue weighted by molar-refractivity contribution is 0.620. The SMILES string of the molecule is Clc1ccc2c(c1)oc1cccc(-c3nc4ccccc4o3)c12. The van der Waals surface area contributed by atoms with E-state index in [-0.39, 0.29) is 0 Å². The molecule has 2 heterocycles. The molecule has 4 heteroatoms. The Morgan fingerprint density at radius 1 is 0.783 bits per heavy atom. The third kappa shape index (κ3) is 1.87. The van der Waals surface area contributed by atoms with Crippen LogP contribution in [0.3, 0.4) is 0 Å². The fraction of sp³-hybridized carbons (Fsp3) is 0. The Morgan fingerprint density at radius 3 is 2.57 bits per heavy atom. The van der Waals surface area contributed by atoms with E-state index in [1.54, 1.807) is 0 Å². The second-order valence-electron chi connectivity index (χ2n) is 5.41. The second-order valence-corrected chi connectivity index (χ2v) is 5.84. The lowest BCUT2D eigenvalue weighted by Gasteiger charge is -1.98. The Hall–Kier alpha value is -2.78. The summed E-state index contributed by atoms with van der Waals surface area (Å²) >= 11 is 6.07. The van der Waals surface area contributed by atoms with Gasteiger partial charge in [-0.1, -0.05) is 29.8 Å². The first-order valence-electron chi connectivity index (χ1n) is 7.26. The Bertz CT molecular complexity index is 1150. The van der Waals surface area contributed by atoms with Gasteiger partial charge in [-0.15, -0.1) is 0 Å². The van der Waals surface area contributed by atoms with Crippen LogP contribution in [0.5, 0.6) is 0 Å². The molecule has 23 heavy (non-hydrogen) atoms. The van der Waals surface area contributed by atoms with E-state index in [0.717, 1.165) is 38.6 Å². The van der Waals surface area contributed by atoms with Gasteiger partial charge in [-0.25, -0.2) is 4.98 Å². The van der Waals surface area contributed by atoms with Gasteiger partial charge in [-0.2, -0.15) is 0 Å². The number of rotatable bonds is 1. The van der Waals surface area contributed by atoms with E-state index in [0.29, 0.717) is 10.9 Å². The van der Waals surface area contributed by atoms with E-state index in [1.165, 1.54) is 0 Å². The molecule has 0 radical (unpaired) electrons. The highest BCUT2D eigenvalue weighted by molar-refractivity contribution is 6.31. The van der Waals surface area contributed by atoms with Crippen molar-refractivity contribution in [3.63, 3.8) is 0 Å². The van der Waals surface area contributed by atoms with Gasteiger partial charge in [0.05, 0.1) is 0 Å². The van der Waals surface area contributed by atoms with Crippen LogP contribution < -0.4 is 0 Å². The first-order chi connectivity index (χ1) is 11.3. The number of hydrogen-bond acceptors (Lipinski definition) is 3. The summed E-state index contributed by atoms with van der Waals surface area (Å²) in [4.78, 5) is 4.60. The zero-order chi connectivity index (χ0) is 15.4. The van der Waals surface area contributed by atoms with Crippen LogP contribution in [0.2, 0.25) is 5.02 Å². The Kier molecular flexibility index (Phi) is 2.55. The summed E-state index contributed by atoms with van der Waals surface area (Å²) in [6, 6.07) is 19.3. The van der Waals surface area contributed by atoms with Crippen LogP contribution in [0.1, 0.15) is 0 Å². The molecule has 5 rings (SSSR count). The average Bonchev–Trinajstić information content (AvgIpc) is 3.14. The van der Waals surface area contributed by atoms with Crippen LogP contribution >= 0.6 is 11.6 Å². The van der Waals surface area contributed by atoms with Gasteiger partial charge in [0, 0.05) is 27.4 Å². The number of benzene rings is 3. The first kappa shape index (κ1) is 12.7. The Labute approximate surface area is 136 Å². The molecule has 0 saturated heterocycles. The summed E-state index contributed by atoms with van der Waals surface area (Å²) in [7, 11) is 0. The summed E-state index contributed by atoms with van der Waals surface area (Å²) in [6.45, 7) is 0. The lowest BCUT2D eigenvalue weighted by atomic mass is 10.1. The van der Waals surface area contributed by atoms with E-state index in [9.17, 15) is 0 Å². The van der Waals surface area contributed by atoms with E-state index in [1.807, 2.05) is 60.7 Å². The molecule has 2 aromatic heterocycles. The maximum atomic E-state index is 6.07. The molecule has 5 aromatic rings. The van der Waals surface area contributed by atoms with Crippen molar-refractivity contribution in [1.29, 1.82) is 0 Å². The van der Waals surface area contributed by atoms with Crippen molar-refractivity contribution in [2.75, 3.05) is 0 Å². The summed E-state index contributed by atoms with van der Waals surface area (Å²) in [5.41, 5.74) is 4.09. The van der Waals surface area contributed by atoms with E-state index in [2.05, 4.69) is 4.98 Å². The van der Waals surface area contributed by atoms with Crippen molar-refractivity contribution < 1.29 is 8.83 Å². The van der Waals surface area contributed by atoms with Crippen molar-refractivity contribution in [2.24, 2.45) is 0 Å². The molecular formula is C19H10ClNO2. The fourth-order valence-electron chi connectivity index (χ4n) is 2.97. The topological polar surface area (TPSA) is 39.2 Å². The smallest absolute Gasteiger partial charge is 0.228 e. The van der Waals surface area contributed by atoms with Crippen LogP contribution in [-0.4, -0.2) is 4.98 Å². The fourth-order valence-corrected chi connectivity index (χ4v) is 3.13. The van der Waals surface area contributed by atoms with Gasteiger partial charge in [0.1, 0.15) is 16.7 Å². The van der Waals surface area contributed by atoms with Gasteiger partial charge in [-0.05, 0) is 36.4 Å². The van der Waals surface area contributed by atoms with Gasteiger partial charge in [0.15, 0.2) is 5.58 Å². The lowest BCUT2D eigenvalue weighted by Crippen LogP contribution is -1.79. The van der Waals surface area contributed by atoms with Gasteiger partial charge < -0.3 is 8.83 Å². The van der Waals surface area contributed by atoms with Gasteiger partial charge >= 0.3 is 0 Å². The predicted octanol–water partition coefficient (Wildman–Crippen LogP) is 6.05. The monoisotopic (exact) mass is 319 g/mol. The Balaban J connectivity index is 1.88. The predicted molar refractivity (Wildman–Crippen MR) is 91.7 cm³/mol. The standard InChI is InChI=1S/C19H10ClNO2/c20-11-8-9-12-17(10-11)22-16-7-3-4-13(18(12)16)19-21-14-5-1-2-6-15(14)23-19/h1-10H. The molecule has 0 bridgehead atoms. The molecule has 0 unspecified atom stereocenters. The molecule has 0 saturated carbocycles. The van der Waals surface area contributed by atoms with E-state index < -0.39 is 0 Å². The van der Waals surface area contributed by atoms with Crippen molar-refractivity contribution in [2.45, 2.75) is 0 Å². The number of hydrogen-bond donors (Lipinski definition) is 0. The van der Waals surface area contributed by atoms with E-state index >= 15 is 0 Å². The molecule has 3 aromatic carbocycles. The van der Waals surface area contributed by atoms with Gasteiger partial charge in [0.25, 0.3) is 0 Å². The molecule has 0 atom stereocenters. The minimum Gasteiger partial charge on any atom is -0.456 e. The molecule has 0 spiro atoms. The number of nitrogens with zero attached hydrogens (tertiary/aromatic N) is 1. The summed E-state index contributed by atoms with van der Waals surface area (Å²) in [6.07, 6.45) is 0. The van der Waals surface area contributed by atoms with Gasteiger partial charge in [-0.3, -0.25) is 0 Å². The van der Waals surface area contributed by atoms with Crippen molar-refractivity contribution >= 4 is 44.6 Å². The normalized spacial score (nSPS) is 11.7. The zero-order valence-corrected chi connectivity index (χ0v) is 12.7. The quantitative estimate of drug-likeness (QED) is 0.377. The molecule has 0 aliphatic heterocycles. The number of fused-ring (bicyclic) bond motifs is 4. The maximum absolute atomic E-state index is 6.07. The highest BCUT2D eigenvalue weighted by Crippen LogP contribution is 2.37. The number of furan rings is 1. The van der Waals surface area contributed by atoms with Crippen LogP contribution in [0, 0.1) is 0 Å². The molecule has 0 amide bonds. The van der Waals surface area contributed by atoms with Crippen LogP contribution in [0.25, 0.3) is 44.5 Å². The molecule has 110 valence electrons. The average molecular weight is 320 g/mol. The summed E-state index contributed by atoms with van der Waals surface area (Å²) in [5.74, 6) is 0.592. The second kappa shape index (κ2) is 4.61. The molecule has 3 nitrogen and oxygen atoms in total. The first-order valence-corrected chi connectivity index (χ1v) is 7.64. The highest BCUT2D eigenvalue weighted by Gasteiger charge is 2.16. The number of halogens is 1. The molecular weight excluding hydrogens is 310 g/mol.